The zero-order chi connectivity index (χ0) is 14.6. The van der Waals surface area contributed by atoms with Crippen LogP contribution in [0.5, 0.6) is 0 Å². The SMILES string of the molecule is ON=C(Cc1cccc(C(F)(F)F)c1)c1ccccc1. The van der Waals surface area contributed by atoms with Crippen molar-refractivity contribution >= 4 is 5.71 Å². The summed E-state index contributed by atoms with van der Waals surface area (Å²) in [5.41, 5.74) is 0.731. The van der Waals surface area contributed by atoms with E-state index < -0.39 is 11.7 Å². The molecular formula is C15H12F3NO. The van der Waals surface area contributed by atoms with Gasteiger partial charge in [-0.25, -0.2) is 0 Å². The molecule has 0 atom stereocenters. The average Bonchev–Trinajstić information content (AvgIpc) is 2.45. The van der Waals surface area contributed by atoms with E-state index in [1.165, 1.54) is 6.07 Å². The van der Waals surface area contributed by atoms with Crippen LogP contribution in [0.25, 0.3) is 0 Å². The number of rotatable bonds is 3. The molecule has 0 saturated heterocycles. The summed E-state index contributed by atoms with van der Waals surface area (Å²) < 4.78 is 37.9. The molecule has 0 aromatic heterocycles. The highest BCUT2D eigenvalue weighted by atomic mass is 19.4. The van der Waals surface area contributed by atoms with E-state index in [2.05, 4.69) is 5.16 Å². The Bertz CT molecular complexity index is 606. The van der Waals surface area contributed by atoms with Crippen LogP contribution in [0, 0.1) is 0 Å². The van der Waals surface area contributed by atoms with Gasteiger partial charge in [-0.05, 0) is 17.2 Å². The summed E-state index contributed by atoms with van der Waals surface area (Å²) in [5.74, 6) is 0. The van der Waals surface area contributed by atoms with E-state index in [1.807, 2.05) is 6.07 Å². The van der Waals surface area contributed by atoms with Crippen molar-refractivity contribution in [2.45, 2.75) is 12.6 Å². The summed E-state index contributed by atoms with van der Waals surface area (Å²) >= 11 is 0. The van der Waals surface area contributed by atoms with Crippen LogP contribution < -0.4 is 0 Å². The van der Waals surface area contributed by atoms with Crippen LogP contribution in [0.15, 0.2) is 59.8 Å². The van der Waals surface area contributed by atoms with Crippen LogP contribution in [0.4, 0.5) is 13.2 Å². The third kappa shape index (κ3) is 3.38. The van der Waals surface area contributed by atoms with Gasteiger partial charge in [0.1, 0.15) is 0 Å². The predicted octanol–water partition coefficient (Wildman–Crippen LogP) is 4.13. The number of hydrogen-bond acceptors (Lipinski definition) is 2. The minimum Gasteiger partial charge on any atom is -0.411 e. The molecule has 1 N–H and O–H groups in total. The second kappa shape index (κ2) is 5.77. The van der Waals surface area contributed by atoms with Crippen LogP contribution in [0.1, 0.15) is 16.7 Å². The summed E-state index contributed by atoms with van der Waals surface area (Å²) in [6.45, 7) is 0. The molecule has 2 rings (SSSR count). The Morgan fingerprint density at radius 1 is 1.00 bits per heavy atom. The molecule has 0 aliphatic rings. The van der Waals surface area contributed by atoms with Gasteiger partial charge in [0.25, 0.3) is 0 Å². The van der Waals surface area contributed by atoms with Crippen molar-refractivity contribution in [1.82, 2.24) is 0 Å². The lowest BCUT2D eigenvalue weighted by Gasteiger charge is -2.09. The summed E-state index contributed by atoms with van der Waals surface area (Å²) in [4.78, 5) is 0. The first-order valence-electron chi connectivity index (χ1n) is 5.93. The third-order valence-corrected chi connectivity index (χ3v) is 2.85. The first-order valence-corrected chi connectivity index (χ1v) is 5.93. The lowest BCUT2D eigenvalue weighted by atomic mass is 10.0. The predicted molar refractivity (Wildman–Crippen MR) is 69.9 cm³/mol. The van der Waals surface area contributed by atoms with Gasteiger partial charge in [-0.1, -0.05) is 53.7 Å². The Kier molecular flexibility index (Phi) is 4.08. The van der Waals surface area contributed by atoms with Crippen molar-refractivity contribution in [1.29, 1.82) is 0 Å². The van der Waals surface area contributed by atoms with Crippen molar-refractivity contribution in [2.24, 2.45) is 5.16 Å². The fourth-order valence-corrected chi connectivity index (χ4v) is 1.88. The molecule has 20 heavy (non-hydrogen) atoms. The van der Waals surface area contributed by atoms with E-state index in [9.17, 15) is 13.2 Å². The van der Waals surface area contributed by atoms with E-state index >= 15 is 0 Å². The number of nitrogens with zero attached hydrogens (tertiary/aromatic N) is 1. The number of halogens is 3. The highest BCUT2D eigenvalue weighted by Gasteiger charge is 2.30. The van der Waals surface area contributed by atoms with Gasteiger partial charge in [0.15, 0.2) is 0 Å². The molecule has 5 heteroatoms. The Labute approximate surface area is 114 Å². The molecule has 0 aliphatic heterocycles. The van der Waals surface area contributed by atoms with Crippen LogP contribution >= 0.6 is 0 Å². The highest BCUT2D eigenvalue weighted by molar-refractivity contribution is 6.01. The third-order valence-electron chi connectivity index (χ3n) is 2.85. The fourth-order valence-electron chi connectivity index (χ4n) is 1.88. The first-order chi connectivity index (χ1) is 9.50. The maximum absolute atomic E-state index is 12.6. The van der Waals surface area contributed by atoms with Gasteiger partial charge in [0, 0.05) is 6.42 Å². The van der Waals surface area contributed by atoms with Gasteiger partial charge in [0.2, 0.25) is 0 Å². The van der Waals surface area contributed by atoms with Gasteiger partial charge < -0.3 is 5.21 Å². The topological polar surface area (TPSA) is 32.6 Å². The van der Waals surface area contributed by atoms with E-state index in [1.54, 1.807) is 30.3 Å². The lowest BCUT2D eigenvalue weighted by molar-refractivity contribution is -0.137. The van der Waals surface area contributed by atoms with Crippen molar-refractivity contribution in [3.05, 3.63) is 71.3 Å². The minimum atomic E-state index is -4.38. The van der Waals surface area contributed by atoms with Crippen LogP contribution in [-0.4, -0.2) is 10.9 Å². The van der Waals surface area contributed by atoms with E-state index in [0.717, 1.165) is 12.1 Å². The molecule has 2 nitrogen and oxygen atoms in total. The number of oxime groups is 1. The Morgan fingerprint density at radius 3 is 2.30 bits per heavy atom. The summed E-state index contributed by atoms with van der Waals surface area (Å²) in [6.07, 6.45) is -4.25. The Hall–Kier alpha value is -2.30. The second-order valence-electron chi connectivity index (χ2n) is 4.29. The smallest absolute Gasteiger partial charge is 0.411 e. The molecule has 0 aliphatic carbocycles. The van der Waals surface area contributed by atoms with Crippen molar-refractivity contribution in [3.63, 3.8) is 0 Å². The molecule has 0 fully saturated rings. The minimum absolute atomic E-state index is 0.129. The Morgan fingerprint density at radius 2 is 1.70 bits per heavy atom. The molecule has 0 heterocycles. The molecule has 0 unspecified atom stereocenters. The Balaban J connectivity index is 2.26. The maximum Gasteiger partial charge on any atom is 0.416 e. The largest absolute Gasteiger partial charge is 0.416 e. The number of hydrogen-bond donors (Lipinski definition) is 1. The molecular weight excluding hydrogens is 267 g/mol. The van der Waals surface area contributed by atoms with Gasteiger partial charge >= 0.3 is 6.18 Å². The van der Waals surface area contributed by atoms with Gasteiger partial charge in [-0.15, -0.1) is 0 Å². The van der Waals surface area contributed by atoms with Crippen LogP contribution in [0.3, 0.4) is 0 Å². The van der Waals surface area contributed by atoms with Gasteiger partial charge in [-0.2, -0.15) is 13.2 Å². The van der Waals surface area contributed by atoms with E-state index in [4.69, 9.17) is 5.21 Å². The normalized spacial score (nSPS) is 12.4. The zero-order valence-electron chi connectivity index (χ0n) is 10.4. The number of alkyl halides is 3. The zero-order valence-corrected chi connectivity index (χ0v) is 10.4. The first kappa shape index (κ1) is 14.1. The molecule has 104 valence electrons. The molecule has 0 bridgehead atoms. The molecule has 2 aromatic carbocycles. The van der Waals surface area contributed by atoms with E-state index in [-0.39, 0.29) is 6.42 Å². The summed E-state index contributed by atoms with van der Waals surface area (Å²) in [6, 6.07) is 13.8. The monoisotopic (exact) mass is 279 g/mol. The lowest BCUT2D eigenvalue weighted by Crippen LogP contribution is -2.08. The molecule has 0 saturated carbocycles. The molecule has 2 aromatic rings. The van der Waals surface area contributed by atoms with Crippen LogP contribution in [0.2, 0.25) is 0 Å². The highest BCUT2D eigenvalue weighted by Crippen LogP contribution is 2.29. The summed E-state index contributed by atoms with van der Waals surface area (Å²) in [5, 5.41) is 12.2. The standard InChI is InChI=1S/C15H12F3NO/c16-15(17,18)13-8-4-5-11(9-13)10-14(19-20)12-6-2-1-3-7-12/h1-9,20H,10H2. The van der Waals surface area contributed by atoms with Crippen LogP contribution in [-0.2, 0) is 12.6 Å². The quantitative estimate of drug-likeness (QED) is 0.511. The fraction of sp³-hybridized carbons (Fsp3) is 0.133. The second-order valence-corrected chi connectivity index (χ2v) is 4.29. The van der Waals surface area contributed by atoms with Crippen molar-refractivity contribution < 1.29 is 18.4 Å². The van der Waals surface area contributed by atoms with Crippen molar-refractivity contribution in [2.75, 3.05) is 0 Å². The maximum atomic E-state index is 12.6. The van der Waals surface area contributed by atoms with E-state index in [0.29, 0.717) is 16.8 Å². The molecule has 0 radical (unpaired) electrons. The summed E-state index contributed by atoms with van der Waals surface area (Å²) in [7, 11) is 0. The molecule has 0 amide bonds. The van der Waals surface area contributed by atoms with Gasteiger partial charge in [-0.3, -0.25) is 0 Å². The number of benzene rings is 2. The van der Waals surface area contributed by atoms with Crippen molar-refractivity contribution in [3.8, 4) is 0 Å². The average molecular weight is 279 g/mol. The van der Waals surface area contributed by atoms with Gasteiger partial charge in [0.05, 0.1) is 11.3 Å². The molecule has 0 spiro atoms.